The number of rotatable bonds is 4. The lowest BCUT2D eigenvalue weighted by molar-refractivity contribution is 0.0520. The van der Waals surface area contributed by atoms with Gasteiger partial charge in [-0.1, -0.05) is 22.9 Å². The molecule has 84 valence electrons. The van der Waals surface area contributed by atoms with Crippen LogP contribution in [0.2, 0.25) is 0 Å². The maximum atomic E-state index is 11.2. The number of halogens is 1. The predicted molar refractivity (Wildman–Crippen MR) is 61.8 cm³/mol. The largest absolute Gasteiger partial charge is 0.444 e. The third-order valence-electron chi connectivity index (χ3n) is 1.60. The second kappa shape index (κ2) is 6.27. The number of amides is 1. The average Bonchev–Trinajstić information content (AvgIpc) is 1.98. The molecule has 1 atom stereocenters. The van der Waals surface area contributed by atoms with Crippen molar-refractivity contribution in [3.05, 3.63) is 0 Å². The molecule has 0 aromatic carbocycles. The Labute approximate surface area is 94.7 Å². The first kappa shape index (κ1) is 13.8. The minimum atomic E-state index is -0.414. The highest BCUT2D eigenvalue weighted by Crippen LogP contribution is 2.07. The zero-order valence-electron chi connectivity index (χ0n) is 9.39. The lowest BCUT2D eigenvalue weighted by atomic mass is 10.1. The molecule has 3 nitrogen and oxygen atoms in total. The van der Waals surface area contributed by atoms with Crippen LogP contribution in [0.5, 0.6) is 0 Å². The van der Waals surface area contributed by atoms with Crippen molar-refractivity contribution in [3.8, 4) is 0 Å². The number of hydrogen-bond donors (Lipinski definition) is 1. The molecule has 14 heavy (non-hydrogen) atoms. The topological polar surface area (TPSA) is 38.3 Å². The molecule has 0 heterocycles. The summed E-state index contributed by atoms with van der Waals surface area (Å²) in [6.07, 6.45) is 0.717. The summed E-state index contributed by atoms with van der Waals surface area (Å²) in [5.74, 6) is 0.474. The highest BCUT2D eigenvalue weighted by molar-refractivity contribution is 9.09. The molecule has 1 unspecified atom stereocenters. The Balaban J connectivity index is 3.64. The molecule has 0 aromatic rings. The van der Waals surface area contributed by atoms with Gasteiger partial charge in [0.15, 0.2) is 0 Å². The van der Waals surface area contributed by atoms with Crippen LogP contribution < -0.4 is 5.32 Å². The molecule has 0 radical (unpaired) electrons. The second-order valence-electron chi connectivity index (χ2n) is 4.47. The lowest BCUT2D eigenvalue weighted by Crippen LogP contribution is -2.34. The number of hydrogen-bond acceptors (Lipinski definition) is 2. The van der Waals surface area contributed by atoms with Crippen molar-refractivity contribution < 1.29 is 9.53 Å². The van der Waals surface area contributed by atoms with Crippen LogP contribution in [-0.4, -0.2) is 23.6 Å². The normalized spacial score (nSPS) is 13.5. The molecule has 0 aromatic heterocycles. The molecular weight excluding hydrogens is 246 g/mol. The van der Waals surface area contributed by atoms with E-state index in [1.807, 2.05) is 20.8 Å². The third kappa shape index (κ3) is 8.35. The molecule has 0 saturated heterocycles. The van der Waals surface area contributed by atoms with Crippen LogP contribution in [0.25, 0.3) is 0 Å². The minimum absolute atomic E-state index is 0.334. The maximum absolute atomic E-state index is 11.2. The summed E-state index contributed by atoms with van der Waals surface area (Å²) in [6, 6.07) is 0. The number of ether oxygens (including phenoxy) is 1. The van der Waals surface area contributed by atoms with Crippen LogP contribution in [0.3, 0.4) is 0 Å². The summed E-state index contributed by atoms with van der Waals surface area (Å²) < 4.78 is 5.10. The molecule has 0 rings (SSSR count). The van der Waals surface area contributed by atoms with Gasteiger partial charge in [-0.05, 0) is 33.1 Å². The fourth-order valence-corrected chi connectivity index (χ4v) is 1.64. The van der Waals surface area contributed by atoms with Gasteiger partial charge in [0.25, 0.3) is 0 Å². The molecule has 0 fully saturated rings. The number of carbonyl (C=O) groups excluding carboxylic acids is 1. The van der Waals surface area contributed by atoms with Crippen LogP contribution in [0.15, 0.2) is 0 Å². The first-order valence-electron chi connectivity index (χ1n) is 4.88. The molecule has 0 bridgehead atoms. The van der Waals surface area contributed by atoms with Gasteiger partial charge < -0.3 is 10.1 Å². The van der Waals surface area contributed by atoms with Crippen molar-refractivity contribution in [2.45, 2.75) is 39.7 Å². The van der Waals surface area contributed by atoms with E-state index in [1.54, 1.807) is 0 Å². The minimum Gasteiger partial charge on any atom is -0.444 e. The molecule has 4 heteroatoms. The Kier molecular flexibility index (Phi) is 6.16. The monoisotopic (exact) mass is 265 g/mol. The summed E-state index contributed by atoms with van der Waals surface area (Å²) in [5.41, 5.74) is -0.414. The number of alkyl halides is 1. The van der Waals surface area contributed by atoms with Gasteiger partial charge in [-0.3, -0.25) is 0 Å². The van der Waals surface area contributed by atoms with Gasteiger partial charge in [0.05, 0.1) is 0 Å². The van der Waals surface area contributed by atoms with Crippen LogP contribution in [-0.2, 0) is 4.74 Å². The van der Waals surface area contributed by atoms with Crippen molar-refractivity contribution in [3.63, 3.8) is 0 Å². The quantitative estimate of drug-likeness (QED) is 0.794. The average molecular weight is 266 g/mol. The van der Waals surface area contributed by atoms with Gasteiger partial charge in [-0.2, -0.15) is 0 Å². The van der Waals surface area contributed by atoms with Gasteiger partial charge in [-0.25, -0.2) is 4.79 Å². The van der Waals surface area contributed by atoms with E-state index in [9.17, 15) is 4.79 Å². The van der Waals surface area contributed by atoms with Crippen molar-refractivity contribution in [2.75, 3.05) is 11.9 Å². The van der Waals surface area contributed by atoms with E-state index < -0.39 is 5.60 Å². The van der Waals surface area contributed by atoms with Gasteiger partial charge in [0, 0.05) is 11.9 Å². The second-order valence-corrected chi connectivity index (χ2v) is 5.26. The third-order valence-corrected chi connectivity index (χ3v) is 2.05. The van der Waals surface area contributed by atoms with E-state index in [4.69, 9.17) is 4.74 Å². The van der Waals surface area contributed by atoms with E-state index in [-0.39, 0.29) is 6.09 Å². The Bertz CT molecular complexity index is 177. The Morgan fingerprint density at radius 2 is 2.07 bits per heavy atom. The van der Waals surface area contributed by atoms with E-state index in [2.05, 4.69) is 28.2 Å². The first-order valence-corrected chi connectivity index (χ1v) is 6.00. The number of nitrogens with one attached hydrogen (secondary N) is 1. The summed E-state index contributed by atoms with van der Waals surface area (Å²) in [4.78, 5) is 11.2. The van der Waals surface area contributed by atoms with E-state index in [0.717, 1.165) is 11.8 Å². The van der Waals surface area contributed by atoms with E-state index in [0.29, 0.717) is 12.5 Å². The van der Waals surface area contributed by atoms with Crippen LogP contribution >= 0.6 is 15.9 Å². The van der Waals surface area contributed by atoms with Gasteiger partial charge in [-0.15, -0.1) is 0 Å². The smallest absolute Gasteiger partial charge is 0.407 e. The van der Waals surface area contributed by atoms with Crippen molar-refractivity contribution in [1.29, 1.82) is 0 Å². The van der Waals surface area contributed by atoms with E-state index >= 15 is 0 Å². The van der Waals surface area contributed by atoms with E-state index in [1.165, 1.54) is 0 Å². The summed E-state index contributed by atoms with van der Waals surface area (Å²) in [7, 11) is 0. The molecule has 0 aliphatic rings. The van der Waals surface area contributed by atoms with Gasteiger partial charge in [0.1, 0.15) is 5.60 Å². The SMILES string of the molecule is CC(CCBr)CNC(=O)OC(C)(C)C. The highest BCUT2D eigenvalue weighted by Gasteiger charge is 2.16. The molecule has 0 aliphatic heterocycles. The van der Waals surface area contributed by atoms with Gasteiger partial charge >= 0.3 is 6.09 Å². The summed E-state index contributed by atoms with van der Waals surface area (Å²) in [6.45, 7) is 8.33. The zero-order valence-corrected chi connectivity index (χ0v) is 11.0. The van der Waals surface area contributed by atoms with Crippen LogP contribution in [0.1, 0.15) is 34.1 Å². The highest BCUT2D eigenvalue weighted by atomic mass is 79.9. The zero-order chi connectivity index (χ0) is 11.2. The van der Waals surface area contributed by atoms with Crippen LogP contribution in [0, 0.1) is 5.92 Å². The number of alkyl carbamates (subject to hydrolysis) is 1. The molecule has 0 spiro atoms. The standard InChI is InChI=1S/C10H20BrNO2/c1-8(5-6-11)7-12-9(13)14-10(2,3)4/h8H,5-7H2,1-4H3,(H,12,13). The summed E-state index contributed by atoms with van der Waals surface area (Å²) in [5, 5.41) is 3.70. The fourth-order valence-electron chi connectivity index (χ4n) is 0.860. The lowest BCUT2D eigenvalue weighted by Gasteiger charge is -2.20. The maximum Gasteiger partial charge on any atom is 0.407 e. The molecule has 0 saturated carbocycles. The van der Waals surface area contributed by atoms with Crippen molar-refractivity contribution in [1.82, 2.24) is 5.32 Å². The predicted octanol–water partition coefficient (Wildman–Crippen LogP) is 2.93. The summed E-state index contributed by atoms with van der Waals surface area (Å²) >= 11 is 3.36. The number of carbonyl (C=O) groups is 1. The van der Waals surface area contributed by atoms with Crippen LogP contribution in [0.4, 0.5) is 4.79 Å². The fraction of sp³-hybridized carbons (Fsp3) is 0.900. The van der Waals surface area contributed by atoms with Crippen molar-refractivity contribution >= 4 is 22.0 Å². The first-order chi connectivity index (χ1) is 6.35. The molecule has 1 N–H and O–H groups in total. The Morgan fingerprint density at radius 1 is 1.50 bits per heavy atom. The molecule has 0 aliphatic carbocycles. The Hall–Kier alpha value is -0.250. The molecular formula is C10H20BrNO2. The van der Waals surface area contributed by atoms with Crippen molar-refractivity contribution in [2.24, 2.45) is 5.92 Å². The Morgan fingerprint density at radius 3 is 2.50 bits per heavy atom. The van der Waals surface area contributed by atoms with Gasteiger partial charge in [0.2, 0.25) is 0 Å². The molecule has 1 amide bonds.